The van der Waals surface area contributed by atoms with E-state index in [9.17, 15) is 19.6 Å². The lowest BCUT2D eigenvalue weighted by atomic mass is 9.92. The number of piperidine rings is 1. The summed E-state index contributed by atoms with van der Waals surface area (Å²) in [6.07, 6.45) is 2.35. The number of ether oxygens (including phenoxy) is 2. The molecule has 0 radical (unpaired) electrons. The van der Waals surface area contributed by atoms with Gasteiger partial charge in [-0.2, -0.15) is 5.26 Å². The molecule has 190 valence electrons. The maximum atomic E-state index is 13.1. The van der Waals surface area contributed by atoms with Gasteiger partial charge in [0.15, 0.2) is 0 Å². The molecule has 0 spiro atoms. The largest absolute Gasteiger partial charge is 0.447 e. The molecule has 0 bridgehead atoms. The van der Waals surface area contributed by atoms with Crippen molar-refractivity contribution in [3.63, 3.8) is 0 Å². The van der Waals surface area contributed by atoms with E-state index in [2.05, 4.69) is 11.4 Å². The van der Waals surface area contributed by atoms with Gasteiger partial charge in [-0.15, -0.1) is 0 Å². The van der Waals surface area contributed by atoms with Crippen molar-refractivity contribution in [1.29, 1.82) is 5.26 Å². The molecule has 3 aliphatic heterocycles. The molecule has 4 rings (SSSR count). The number of carbonyl (C=O) groups is 3. The highest BCUT2D eigenvalue weighted by Crippen LogP contribution is 2.36. The number of hydrogen-bond acceptors (Lipinski definition) is 6. The lowest BCUT2D eigenvalue weighted by Gasteiger charge is -2.35. The van der Waals surface area contributed by atoms with Gasteiger partial charge in [-0.3, -0.25) is 4.79 Å². The van der Waals surface area contributed by atoms with Crippen LogP contribution in [0.3, 0.4) is 0 Å². The van der Waals surface area contributed by atoms with Crippen molar-refractivity contribution in [2.75, 3.05) is 32.8 Å². The molecule has 2 saturated heterocycles. The van der Waals surface area contributed by atoms with Crippen molar-refractivity contribution in [2.45, 2.75) is 70.7 Å². The van der Waals surface area contributed by atoms with Crippen LogP contribution in [0.5, 0.6) is 0 Å². The molecule has 4 heterocycles. The van der Waals surface area contributed by atoms with E-state index in [1.54, 1.807) is 9.80 Å². The smallest absolute Gasteiger partial charge is 0.410 e. The van der Waals surface area contributed by atoms with E-state index in [-0.39, 0.29) is 42.3 Å². The molecule has 0 saturated carbocycles. The van der Waals surface area contributed by atoms with Gasteiger partial charge in [0, 0.05) is 57.0 Å². The van der Waals surface area contributed by atoms with E-state index in [1.807, 2.05) is 18.4 Å². The summed E-state index contributed by atoms with van der Waals surface area (Å²) < 4.78 is 12.8. The van der Waals surface area contributed by atoms with Crippen LogP contribution in [-0.4, -0.2) is 77.4 Å². The molecular formula is C24H34N6O5. The number of rotatable bonds is 4. The van der Waals surface area contributed by atoms with E-state index in [0.717, 1.165) is 18.5 Å². The first-order valence-corrected chi connectivity index (χ1v) is 12.3. The van der Waals surface area contributed by atoms with Crippen LogP contribution in [0.1, 0.15) is 72.8 Å². The SMILES string of the molecule is CC(C)OC(=O)N1CCC(NC(=O)N2CCn3c(c(C(N)=O)c(C#N)c3C3CCOCC3)C2)CC1. The van der Waals surface area contributed by atoms with Crippen molar-refractivity contribution in [3.8, 4) is 6.07 Å². The number of nitriles is 1. The Hall–Kier alpha value is -3.26. The maximum absolute atomic E-state index is 13.1. The first-order valence-electron chi connectivity index (χ1n) is 12.3. The van der Waals surface area contributed by atoms with Gasteiger partial charge in [-0.05, 0) is 39.5 Å². The molecule has 2 fully saturated rings. The Balaban J connectivity index is 1.44. The number of nitrogens with one attached hydrogen (secondary N) is 1. The second kappa shape index (κ2) is 10.6. The van der Waals surface area contributed by atoms with Gasteiger partial charge >= 0.3 is 12.1 Å². The molecule has 0 atom stereocenters. The number of fused-ring (bicyclic) bond motifs is 1. The highest BCUT2D eigenvalue weighted by atomic mass is 16.6. The molecule has 3 aliphatic rings. The van der Waals surface area contributed by atoms with Crippen LogP contribution < -0.4 is 11.1 Å². The van der Waals surface area contributed by atoms with Crippen LogP contribution >= 0.6 is 0 Å². The van der Waals surface area contributed by atoms with Gasteiger partial charge in [-0.1, -0.05) is 0 Å². The first kappa shape index (κ1) is 24.9. The first-order chi connectivity index (χ1) is 16.8. The van der Waals surface area contributed by atoms with Crippen LogP contribution in [0, 0.1) is 11.3 Å². The van der Waals surface area contributed by atoms with Gasteiger partial charge in [0.1, 0.15) is 6.07 Å². The summed E-state index contributed by atoms with van der Waals surface area (Å²) in [5, 5.41) is 13.0. The third-order valence-corrected chi connectivity index (χ3v) is 7.02. The molecule has 0 unspecified atom stereocenters. The lowest BCUT2D eigenvalue weighted by molar-refractivity contribution is 0.0679. The number of nitrogens with two attached hydrogens (primary N) is 1. The van der Waals surface area contributed by atoms with Crippen LogP contribution in [0.4, 0.5) is 9.59 Å². The fourth-order valence-electron chi connectivity index (χ4n) is 5.28. The number of urea groups is 1. The monoisotopic (exact) mass is 486 g/mol. The summed E-state index contributed by atoms with van der Waals surface area (Å²) >= 11 is 0. The van der Waals surface area contributed by atoms with Crippen molar-refractivity contribution in [3.05, 3.63) is 22.5 Å². The van der Waals surface area contributed by atoms with Gasteiger partial charge < -0.3 is 34.9 Å². The van der Waals surface area contributed by atoms with Crippen LogP contribution in [-0.2, 0) is 22.6 Å². The minimum Gasteiger partial charge on any atom is -0.447 e. The minimum absolute atomic E-state index is 0.0533. The average molecular weight is 487 g/mol. The number of hydrogen-bond donors (Lipinski definition) is 2. The van der Waals surface area contributed by atoms with E-state index >= 15 is 0 Å². The van der Waals surface area contributed by atoms with Crippen molar-refractivity contribution < 1.29 is 23.9 Å². The Morgan fingerprint density at radius 2 is 1.77 bits per heavy atom. The Morgan fingerprint density at radius 3 is 2.37 bits per heavy atom. The molecule has 1 aromatic heterocycles. The topological polar surface area (TPSA) is 143 Å². The van der Waals surface area contributed by atoms with Gasteiger partial charge in [0.2, 0.25) is 0 Å². The molecule has 11 nitrogen and oxygen atoms in total. The molecule has 4 amide bonds. The highest BCUT2D eigenvalue weighted by Gasteiger charge is 2.35. The summed E-state index contributed by atoms with van der Waals surface area (Å²) in [5.41, 5.74) is 7.74. The number of primary amides is 1. The normalized spacial score (nSPS) is 19.3. The summed E-state index contributed by atoms with van der Waals surface area (Å²) in [6, 6.07) is 1.94. The molecular weight excluding hydrogens is 452 g/mol. The van der Waals surface area contributed by atoms with Crippen molar-refractivity contribution >= 4 is 18.0 Å². The lowest BCUT2D eigenvalue weighted by Crippen LogP contribution is -2.51. The Labute approximate surface area is 205 Å². The zero-order valence-electron chi connectivity index (χ0n) is 20.4. The molecule has 3 N–H and O–H groups in total. The van der Waals surface area contributed by atoms with Crippen LogP contribution in [0.2, 0.25) is 0 Å². The molecule has 11 heteroatoms. The van der Waals surface area contributed by atoms with E-state index in [1.165, 1.54) is 0 Å². The Morgan fingerprint density at radius 1 is 1.09 bits per heavy atom. The molecule has 0 aliphatic carbocycles. The average Bonchev–Trinajstić information content (AvgIpc) is 3.18. The highest BCUT2D eigenvalue weighted by molar-refractivity contribution is 5.97. The number of carbonyl (C=O) groups excluding carboxylic acids is 3. The third kappa shape index (κ3) is 5.22. The molecule has 35 heavy (non-hydrogen) atoms. The fraction of sp³-hybridized carbons (Fsp3) is 0.667. The van der Waals surface area contributed by atoms with Crippen LogP contribution in [0.25, 0.3) is 0 Å². The predicted octanol–water partition coefficient (Wildman–Crippen LogP) is 1.89. The van der Waals surface area contributed by atoms with Gasteiger partial charge in [-0.25, -0.2) is 9.59 Å². The molecule has 0 aromatic carbocycles. The summed E-state index contributed by atoms with van der Waals surface area (Å²) in [7, 11) is 0. The van der Waals surface area contributed by atoms with E-state index < -0.39 is 5.91 Å². The predicted molar refractivity (Wildman–Crippen MR) is 126 cm³/mol. The van der Waals surface area contributed by atoms with Gasteiger partial charge in [0.05, 0.1) is 29.5 Å². The van der Waals surface area contributed by atoms with Crippen molar-refractivity contribution in [1.82, 2.24) is 19.7 Å². The summed E-state index contributed by atoms with van der Waals surface area (Å²) in [6.45, 7) is 7.07. The maximum Gasteiger partial charge on any atom is 0.410 e. The van der Waals surface area contributed by atoms with Crippen molar-refractivity contribution in [2.24, 2.45) is 5.73 Å². The quantitative estimate of drug-likeness (QED) is 0.665. The van der Waals surface area contributed by atoms with Crippen LogP contribution in [0.15, 0.2) is 0 Å². The third-order valence-electron chi connectivity index (χ3n) is 7.02. The summed E-state index contributed by atoms with van der Waals surface area (Å²) in [4.78, 5) is 40.9. The van der Waals surface area contributed by atoms with E-state index in [0.29, 0.717) is 63.5 Å². The number of aromatic nitrogens is 1. The number of nitrogens with zero attached hydrogens (tertiary/aromatic N) is 4. The zero-order valence-corrected chi connectivity index (χ0v) is 20.4. The number of likely N-dealkylation sites (tertiary alicyclic amines) is 1. The standard InChI is InChI=1S/C24H34N6O5/c1-15(2)35-24(33)28-7-3-17(4-8-28)27-23(32)29-9-10-30-19(14-29)20(22(26)31)18(13-25)21(30)16-5-11-34-12-6-16/h15-17H,3-12,14H2,1-2H3,(H2,26,31)(H,27,32). The van der Waals surface area contributed by atoms with E-state index in [4.69, 9.17) is 15.2 Å². The second-order valence-electron chi connectivity index (χ2n) is 9.66. The zero-order chi connectivity index (χ0) is 25.1. The fourth-order valence-corrected chi connectivity index (χ4v) is 5.28. The molecule has 1 aromatic rings. The minimum atomic E-state index is -0.647. The summed E-state index contributed by atoms with van der Waals surface area (Å²) in [5.74, 6) is -0.523. The number of amides is 4. The Kier molecular flexibility index (Phi) is 7.50. The Bertz CT molecular complexity index is 1010. The van der Waals surface area contributed by atoms with Gasteiger partial charge in [0.25, 0.3) is 5.91 Å². The second-order valence-corrected chi connectivity index (χ2v) is 9.66.